The quantitative estimate of drug-likeness (QED) is 0.338. The molecule has 0 aliphatic heterocycles. The lowest BCUT2D eigenvalue weighted by molar-refractivity contribution is -0.139. The molecule has 2 amide bonds. The molecule has 0 aromatic heterocycles. The minimum Gasteiger partial charge on any atom is -0.352 e. The third-order valence-corrected chi connectivity index (χ3v) is 9.15. The number of benzene rings is 3. The normalized spacial score (nSPS) is 14.8. The van der Waals surface area contributed by atoms with Gasteiger partial charge in [-0.05, 0) is 73.9 Å². The molecule has 1 fully saturated rings. The van der Waals surface area contributed by atoms with E-state index in [-0.39, 0.29) is 29.1 Å². The van der Waals surface area contributed by atoms with E-state index in [4.69, 9.17) is 11.6 Å². The Morgan fingerprint density at radius 2 is 1.57 bits per heavy atom. The van der Waals surface area contributed by atoms with Gasteiger partial charge in [-0.25, -0.2) is 12.8 Å². The average molecular weight is 586 g/mol. The number of carbonyl (C=O) groups excluding carboxylic acids is 2. The van der Waals surface area contributed by atoms with Crippen LogP contribution in [0.2, 0.25) is 5.02 Å². The van der Waals surface area contributed by atoms with E-state index in [9.17, 15) is 22.4 Å². The number of rotatable bonds is 10. The summed E-state index contributed by atoms with van der Waals surface area (Å²) >= 11 is 6.04. The van der Waals surface area contributed by atoms with Gasteiger partial charge in [0.1, 0.15) is 18.4 Å². The summed E-state index contributed by atoms with van der Waals surface area (Å²) in [5.74, 6) is -1.41. The van der Waals surface area contributed by atoms with Crippen molar-refractivity contribution in [1.29, 1.82) is 0 Å². The van der Waals surface area contributed by atoms with Crippen molar-refractivity contribution in [2.24, 2.45) is 0 Å². The van der Waals surface area contributed by atoms with Crippen LogP contribution in [0.15, 0.2) is 83.8 Å². The van der Waals surface area contributed by atoms with Crippen LogP contribution in [0.3, 0.4) is 0 Å². The third-order valence-electron chi connectivity index (χ3n) is 7.11. The second kappa shape index (κ2) is 13.3. The van der Waals surface area contributed by atoms with Gasteiger partial charge in [0.15, 0.2) is 0 Å². The molecule has 4 rings (SSSR count). The smallest absolute Gasteiger partial charge is 0.264 e. The molecule has 3 aromatic rings. The predicted molar refractivity (Wildman–Crippen MR) is 154 cm³/mol. The van der Waals surface area contributed by atoms with E-state index in [1.54, 1.807) is 49.4 Å². The molecule has 1 N–H and O–H groups in total. The fourth-order valence-corrected chi connectivity index (χ4v) is 6.35. The number of carbonyl (C=O) groups is 2. The molecule has 1 aliphatic rings. The maximum atomic E-state index is 13.9. The minimum absolute atomic E-state index is 0.0144. The van der Waals surface area contributed by atoms with E-state index in [0.717, 1.165) is 54.1 Å². The molecule has 3 aromatic carbocycles. The van der Waals surface area contributed by atoms with Crippen LogP contribution in [0.25, 0.3) is 0 Å². The van der Waals surface area contributed by atoms with Gasteiger partial charge in [-0.3, -0.25) is 13.9 Å². The van der Waals surface area contributed by atoms with Gasteiger partial charge in [-0.1, -0.05) is 61.2 Å². The molecule has 1 aliphatic carbocycles. The molecular formula is C30H33ClFN3O4S. The van der Waals surface area contributed by atoms with Crippen LogP contribution in [0.4, 0.5) is 10.1 Å². The van der Waals surface area contributed by atoms with Crippen LogP contribution >= 0.6 is 11.6 Å². The molecule has 0 bridgehead atoms. The van der Waals surface area contributed by atoms with Crippen molar-refractivity contribution in [1.82, 2.24) is 10.2 Å². The number of amides is 2. The zero-order chi connectivity index (χ0) is 28.7. The van der Waals surface area contributed by atoms with Crippen molar-refractivity contribution < 1.29 is 22.4 Å². The van der Waals surface area contributed by atoms with E-state index in [1.165, 1.54) is 29.2 Å². The topological polar surface area (TPSA) is 86.8 Å². The van der Waals surface area contributed by atoms with Crippen LogP contribution in [0.1, 0.15) is 44.6 Å². The molecule has 7 nitrogen and oxygen atoms in total. The molecule has 0 heterocycles. The van der Waals surface area contributed by atoms with Crippen LogP contribution in [0.5, 0.6) is 0 Å². The van der Waals surface area contributed by atoms with Crippen molar-refractivity contribution in [3.63, 3.8) is 0 Å². The number of hydrogen-bond donors (Lipinski definition) is 1. The predicted octanol–water partition coefficient (Wildman–Crippen LogP) is 5.54. The number of hydrogen-bond acceptors (Lipinski definition) is 4. The van der Waals surface area contributed by atoms with Gasteiger partial charge in [0.05, 0.1) is 10.6 Å². The van der Waals surface area contributed by atoms with Gasteiger partial charge < -0.3 is 10.2 Å². The molecule has 1 saturated carbocycles. The van der Waals surface area contributed by atoms with Gasteiger partial charge in [-0.15, -0.1) is 0 Å². The molecule has 0 spiro atoms. The first-order valence-electron chi connectivity index (χ1n) is 13.3. The van der Waals surface area contributed by atoms with E-state index in [0.29, 0.717) is 5.02 Å². The van der Waals surface area contributed by atoms with Gasteiger partial charge in [0.2, 0.25) is 11.8 Å². The Labute approximate surface area is 240 Å². The highest BCUT2D eigenvalue weighted by Gasteiger charge is 2.33. The Kier molecular flexibility index (Phi) is 9.81. The first kappa shape index (κ1) is 29.6. The lowest BCUT2D eigenvalue weighted by Gasteiger charge is -2.33. The molecule has 212 valence electrons. The first-order valence-corrected chi connectivity index (χ1v) is 15.1. The fraction of sp³-hybridized carbons (Fsp3) is 0.333. The van der Waals surface area contributed by atoms with Gasteiger partial charge >= 0.3 is 0 Å². The zero-order valence-corrected chi connectivity index (χ0v) is 23.9. The standard InChI is InChI=1S/C30H33ClFN3O4S/c1-22(30(37)33-26-8-4-2-5-9-26)34(20-23-12-14-24(31)15-13-23)29(36)21-35(27-18-16-25(32)17-19-27)40(38,39)28-10-6-3-7-11-28/h3,6-7,10-19,22,26H,2,4-5,8-9,20-21H2,1H3,(H,33,37)/t22-/m0/s1. The maximum Gasteiger partial charge on any atom is 0.264 e. The lowest BCUT2D eigenvalue weighted by Crippen LogP contribution is -2.53. The molecule has 1 atom stereocenters. The third kappa shape index (κ3) is 7.40. The Bertz CT molecular complexity index is 1400. The number of nitrogens with one attached hydrogen (secondary N) is 1. The van der Waals surface area contributed by atoms with Crippen molar-refractivity contribution in [2.75, 3.05) is 10.8 Å². The number of nitrogens with zero attached hydrogens (tertiary/aromatic N) is 2. The molecule has 10 heteroatoms. The van der Waals surface area contributed by atoms with Gasteiger partial charge in [-0.2, -0.15) is 0 Å². The Balaban J connectivity index is 1.65. The van der Waals surface area contributed by atoms with Gasteiger partial charge in [0.25, 0.3) is 10.0 Å². The highest BCUT2D eigenvalue weighted by molar-refractivity contribution is 7.92. The van der Waals surface area contributed by atoms with Crippen LogP contribution in [-0.2, 0) is 26.2 Å². The number of anilines is 1. The van der Waals surface area contributed by atoms with E-state index in [1.807, 2.05) is 0 Å². The van der Waals surface area contributed by atoms with Crippen LogP contribution in [-0.4, -0.2) is 43.8 Å². The van der Waals surface area contributed by atoms with Crippen molar-refractivity contribution in [3.8, 4) is 0 Å². The summed E-state index contributed by atoms with van der Waals surface area (Å²) < 4.78 is 42.1. The van der Waals surface area contributed by atoms with E-state index >= 15 is 0 Å². The van der Waals surface area contributed by atoms with Crippen molar-refractivity contribution in [3.05, 3.63) is 95.3 Å². The second-order valence-electron chi connectivity index (χ2n) is 9.97. The molecule has 0 radical (unpaired) electrons. The summed E-state index contributed by atoms with van der Waals surface area (Å²) in [4.78, 5) is 28.6. The Morgan fingerprint density at radius 3 is 2.20 bits per heavy atom. The summed E-state index contributed by atoms with van der Waals surface area (Å²) in [6, 6.07) is 18.7. The first-order chi connectivity index (χ1) is 19.1. The largest absolute Gasteiger partial charge is 0.352 e. The number of halogens is 2. The summed E-state index contributed by atoms with van der Waals surface area (Å²) in [6.07, 6.45) is 4.99. The lowest BCUT2D eigenvalue weighted by atomic mass is 9.95. The Hall–Kier alpha value is -3.43. The van der Waals surface area contributed by atoms with Crippen LogP contribution < -0.4 is 9.62 Å². The van der Waals surface area contributed by atoms with Crippen molar-refractivity contribution in [2.45, 2.75) is 62.6 Å². The molecular weight excluding hydrogens is 553 g/mol. The second-order valence-corrected chi connectivity index (χ2v) is 12.3. The van der Waals surface area contributed by atoms with E-state index < -0.39 is 34.3 Å². The highest BCUT2D eigenvalue weighted by atomic mass is 35.5. The monoisotopic (exact) mass is 585 g/mol. The summed E-state index contributed by atoms with van der Waals surface area (Å²) in [6.45, 7) is 1.12. The van der Waals surface area contributed by atoms with Crippen molar-refractivity contribution >= 4 is 39.1 Å². The summed E-state index contributed by atoms with van der Waals surface area (Å²) in [5, 5.41) is 3.60. The summed E-state index contributed by atoms with van der Waals surface area (Å²) in [5.41, 5.74) is 0.860. The number of sulfonamides is 1. The van der Waals surface area contributed by atoms with Crippen LogP contribution in [0, 0.1) is 5.82 Å². The molecule has 0 saturated heterocycles. The zero-order valence-electron chi connectivity index (χ0n) is 22.3. The van der Waals surface area contributed by atoms with E-state index in [2.05, 4.69) is 5.32 Å². The summed E-state index contributed by atoms with van der Waals surface area (Å²) in [7, 11) is -4.20. The molecule has 40 heavy (non-hydrogen) atoms. The average Bonchev–Trinajstić information content (AvgIpc) is 2.96. The Morgan fingerprint density at radius 1 is 0.950 bits per heavy atom. The SMILES string of the molecule is C[C@@H](C(=O)NC1CCCCC1)N(Cc1ccc(Cl)cc1)C(=O)CN(c1ccc(F)cc1)S(=O)(=O)c1ccccc1. The fourth-order valence-electron chi connectivity index (χ4n) is 4.79. The minimum atomic E-state index is -4.20. The highest BCUT2D eigenvalue weighted by Crippen LogP contribution is 2.25. The molecule has 0 unspecified atom stereocenters. The van der Waals surface area contributed by atoms with Gasteiger partial charge in [0, 0.05) is 17.6 Å². The maximum absolute atomic E-state index is 13.9.